The topological polar surface area (TPSA) is 141 Å². The molecular weight excluding hydrogens is 351 g/mol. The molecule has 0 spiro atoms. The Morgan fingerprint density at radius 1 is 0.800 bits per heavy atom. The fourth-order valence-corrected chi connectivity index (χ4v) is 2.06. The molecule has 8 nitrogen and oxygen atoms in total. The lowest BCUT2D eigenvalue weighted by atomic mass is 10.1. The number of ether oxygens (including phenoxy) is 1. The van der Waals surface area contributed by atoms with E-state index in [2.05, 4.69) is 6.92 Å². The monoisotopic (exact) mass is 384 g/mol. The lowest BCUT2D eigenvalue weighted by Gasteiger charge is -2.04. The lowest BCUT2D eigenvalue weighted by molar-refractivity contribution is -0.147. The number of aliphatic carboxylic acids is 1. The van der Waals surface area contributed by atoms with E-state index in [9.17, 15) is 9.59 Å². The van der Waals surface area contributed by atoms with Crippen LogP contribution in [0, 0.1) is 0 Å². The summed E-state index contributed by atoms with van der Waals surface area (Å²) < 4.78 is 13.8. The number of rotatable bonds is 14. The molecule has 0 amide bonds. The summed E-state index contributed by atoms with van der Waals surface area (Å²) in [5.74, 6) is -1.36. The highest BCUT2D eigenvalue weighted by atomic mass is 31.2. The van der Waals surface area contributed by atoms with Gasteiger partial charge in [0.05, 0.1) is 19.4 Å². The second kappa shape index (κ2) is 17.9. The van der Waals surface area contributed by atoms with Crippen LogP contribution < -0.4 is 0 Å². The van der Waals surface area contributed by atoms with Gasteiger partial charge in [-0.25, -0.2) is 4.57 Å². The van der Waals surface area contributed by atoms with E-state index in [1.54, 1.807) is 0 Å². The molecule has 0 rings (SSSR count). The molecule has 0 saturated heterocycles. The highest BCUT2D eigenvalue weighted by Gasteiger charge is 2.05. The van der Waals surface area contributed by atoms with Crippen molar-refractivity contribution in [2.24, 2.45) is 0 Å². The van der Waals surface area contributed by atoms with Crippen LogP contribution in [0.5, 0.6) is 0 Å². The summed E-state index contributed by atoms with van der Waals surface area (Å²) in [7, 11) is -4.64. The lowest BCUT2D eigenvalue weighted by Crippen LogP contribution is -2.08. The quantitative estimate of drug-likeness (QED) is 0.203. The van der Waals surface area contributed by atoms with Gasteiger partial charge in [0.2, 0.25) is 0 Å². The van der Waals surface area contributed by atoms with Gasteiger partial charge in [-0.3, -0.25) is 9.59 Å². The Balaban J connectivity index is 0. The van der Waals surface area contributed by atoms with Crippen molar-refractivity contribution in [3.63, 3.8) is 0 Å². The molecule has 0 aliphatic carbocycles. The van der Waals surface area contributed by atoms with E-state index in [4.69, 9.17) is 29.1 Å². The predicted molar refractivity (Wildman–Crippen MR) is 93.9 cm³/mol. The second-order valence-electron chi connectivity index (χ2n) is 5.81. The summed E-state index contributed by atoms with van der Waals surface area (Å²) in [4.78, 5) is 42.9. The van der Waals surface area contributed by atoms with Gasteiger partial charge in [-0.15, -0.1) is 0 Å². The third-order valence-electron chi connectivity index (χ3n) is 3.30. The van der Waals surface area contributed by atoms with E-state index in [0.717, 1.165) is 12.8 Å². The maximum absolute atomic E-state index is 11.1. The van der Waals surface area contributed by atoms with Crippen molar-refractivity contribution in [1.29, 1.82) is 0 Å². The molecule has 0 aliphatic rings. The molecule has 0 unspecified atom stereocenters. The highest BCUT2D eigenvalue weighted by Crippen LogP contribution is 2.25. The van der Waals surface area contributed by atoms with Crippen LogP contribution in [-0.4, -0.2) is 38.3 Å². The zero-order valence-electron chi connectivity index (χ0n) is 15.1. The fourth-order valence-electron chi connectivity index (χ4n) is 2.06. The molecule has 25 heavy (non-hydrogen) atoms. The van der Waals surface area contributed by atoms with Gasteiger partial charge in [0.25, 0.3) is 0 Å². The van der Waals surface area contributed by atoms with Gasteiger partial charge in [0.15, 0.2) is 0 Å². The first kappa shape index (κ1) is 26.3. The Morgan fingerprint density at radius 3 is 1.60 bits per heavy atom. The number of esters is 1. The molecule has 150 valence electrons. The van der Waals surface area contributed by atoms with Gasteiger partial charge in [-0.1, -0.05) is 64.7 Å². The Morgan fingerprint density at radius 2 is 1.20 bits per heavy atom. The zero-order chi connectivity index (χ0) is 19.6. The average Bonchev–Trinajstić information content (AvgIpc) is 2.49. The minimum atomic E-state index is -4.64. The van der Waals surface area contributed by atoms with Crippen molar-refractivity contribution in [3.8, 4) is 0 Å². The van der Waals surface area contributed by atoms with Crippen LogP contribution in [0.4, 0.5) is 0 Å². The number of phosphoric acid groups is 1. The van der Waals surface area contributed by atoms with Gasteiger partial charge < -0.3 is 24.5 Å². The van der Waals surface area contributed by atoms with Crippen molar-refractivity contribution in [1.82, 2.24) is 0 Å². The number of hydrogen-bond acceptors (Lipinski definition) is 4. The Bertz CT molecular complexity index is 372. The molecular formula is C16H33O8P. The van der Waals surface area contributed by atoms with Gasteiger partial charge in [0.1, 0.15) is 0 Å². The number of carboxylic acid groups (broad SMARTS) is 1. The maximum Gasteiger partial charge on any atom is 0.466 e. The van der Waals surface area contributed by atoms with Crippen LogP contribution in [0.1, 0.15) is 84.0 Å². The molecule has 0 aromatic heterocycles. The van der Waals surface area contributed by atoms with Crippen LogP contribution in [0.3, 0.4) is 0 Å². The third-order valence-corrected chi connectivity index (χ3v) is 3.30. The van der Waals surface area contributed by atoms with Crippen molar-refractivity contribution in [2.75, 3.05) is 6.61 Å². The van der Waals surface area contributed by atoms with Gasteiger partial charge >= 0.3 is 19.8 Å². The number of carbonyl (C=O) groups is 2. The van der Waals surface area contributed by atoms with Crippen LogP contribution >= 0.6 is 7.82 Å². The third kappa shape index (κ3) is 35.1. The molecule has 0 radical (unpaired) electrons. The smallest absolute Gasteiger partial charge is 0.466 e. The summed E-state index contributed by atoms with van der Waals surface area (Å²) in [5, 5.41) is 8.41. The normalized spacial score (nSPS) is 10.7. The number of hydrogen-bond donors (Lipinski definition) is 4. The van der Waals surface area contributed by atoms with Gasteiger partial charge in [-0.2, -0.15) is 0 Å². The van der Waals surface area contributed by atoms with E-state index >= 15 is 0 Å². The molecule has 0 fully saturated rings. The molecule has 0 saturated carbocycles. The molecule has 4 N–H and O–H groups in total. The van der Waals surface area contributed by atoms with Crippen molar-refractivity contribution < 1.29 is 38.7 Å². The molecule has 0 heterocycles. The summed E-state index contributed by atoms with van der Waals surface area (Å²) in [6.45, 7) is 2.66. The van der Waals surface area contributed by atoms with Crippen molar-refractivity contribution in [2.45, 2.75) is 84.0 Å². The standard InChI is InChI=1S/C16H30O4.H3O4P/c1-2-3-4-5-6-7-8-9-10-11-14-20-16(19)13-12-15(17)18;1-5(2,3)4/h2-14H2,1H3,(H,17,18);(H3,1,2,3,4). The number of carboxylic acids is 1. The first-order valence-electron chi connectivity index (χ1n) is 8.82. The number of carbonyl (C=O) groups excluding carboxylic acids is 1. The second-order valence-corrected chi connectivity index (χ2v) is 6.84. The van der Waals surface area contributed by atoms with Crippen molar-refractivity contribution in [3.05, 3.63) is 0 Å². The Hall–Kier alpha value is -0.950. The zero-order valence-corrected chi connectivity index (χ0v) is 16.0. The number of unbranched alkanes of at least 4 members (excludes halogenated alkanes) is 9. The van der Waals surface area contributed by atoms with E-state index < -0.39 is 19.8 Å². The molecule has 0 aromatic carbocycles. The fraction of sp³-hybridized carbons (Fsp3) is 0.875. The van der Waals surface area contributed by atoms with Gasteiger partial charge in [-0.05, 0) is 6.42 Å². The minimum Gasteiger partial charge on any atom is -0.481 e. The van der Waals surface area contributed by atoms with E-state index in [0.29, 0.717) is 6.61 Å². The van der Waals surface area contributed by atoms with Crippen LogP contribution in [-0.2, 0) is 18.9 Å². The average molecular weight is 384 g/mol. The predicted octanol–water partition coefficient (Wildman–Crippen LogP) is 3.39. The molecule has 0 aliphatic heterocycles. The molecule has 0 atom stereocenters. The first-order valence-corrected chi connectivity index (χ1v) is 10.4. The first-order chi connectivity index (χ1) is 11.7. The summed E-state index contributed by atoms with van der Waals surface area (Å²) in [6, 6.07) is 0. The van der Waals surface area contributed by atoms with Crippen LogP contribution in [0.2, 0.25) is 0 Å². The van der Waals surface area contributed by atoms with Gasteiger partial charge in [0, 0.05) is 0 Å². The SMILES string of the molecule is CCCCCCCCCCCCOC(=O)CCC(=O)O.O=P(O)(O)O. The largest absolute Gasteiger partial charge is 0.481 e. The highest BCUT2D eigenvalue weighted by molar-refractivity contribution is 7.45. The maximum atomic E-state index is 11.1. The molecule has 0 bridgehead atoms. The Labute approximate surface area is 149 Å². The van der Waals surface area contributed by atoms with Crippen LogP contribution in [0.25, 0.3) is 0 Å². The molecule has 9 heteroatoms. The van der Waals surface area contributed by atoms with E-state index in [-0.39, 0.29) is 12.8 Å². The minimum absolute atomic E-state index is 0.0207. The van der Waals surface area contributed by atoms with Crippen LogP contribution in [0.15, 0.2) is 0 Å². The Kier molecular flexibility index (Phi) is 18.8. The summed E-state index contributed by atoms with van der Waals surface area (Å²) in [5.41, 5.74) is 0. The van der Waals surface area contributed by atoms with E-state index in [1.807, 2.05) is 0 Å². The summed E-state index contributed by atoms with van der Waals surface area (Å²) >= 11 is 0. The van der Waals surface area contributed by atoms with Crippen molar-refractivity contribution >= 4 is 19.8 Å². The van der Waals surface area contributed by atoms with E-state index in [1.165, 1.54) is 51.4 Å². The summed E-state index contributed by atoms with van der Waals surface area (Å²) in [6.07, 6.45) is 12.3. The molecule has 0 aromatic rings.